The van der Waals surface area contributed by atoms with Crippen molar-refractivity contribution in [1.82, 2.24) is 9.80 Å². The predicted molar refractivity (Wildman–Crippen MR) is 98.9 cm³/mol. The van der Waals surface area contributed by atoms with Crippen molar-refractivity contribution in [3.63, 3.8) is 0 Å². The Balaban J connectivity index is 1.49. The Morgan fingerprint density at radius 3 is 2.67 bits per heavy atom. The molecule has 0 radical (unpaired) electrons. The van der Waals surface area contributed by atoms with Gasteiger partial charge in [0.1, 0.15) is 11.3 Å². The van der Waals surface area contributed by atoms with Gasteiger partial charge in [-0.25, -0.2) is 4.79 Å². The van der Waals surface area contributed by atoms with Crippen molar-refractivity contribution in [1.29, 1.82) is 0 Å². The monoisotopic (exact) mass is 368 g/mol. The van der Waals surface area contributed by atoms with E-state index in [9.17, 15) is 9.59 Å². The first-order valence-electron chi connectivity index (χ1n) is 8.80. The van der Waals surface area contributed by atoms with Crippen LogP contribution in [-0.2, 0) is 6.54 Å². The lowest BCUT2D eigenvalue weighted by Crippen LogP contribution is -2.48. The van der Waals surface area contributed by atoms with E-state index in [4.69, 9.17) is 13.6 Å². The summed E-state index contributed by atoms with van der Waals surface area (Å²) in [7, 11) is 1.61. The van der Waals surface area contributed by atoms with E-state index in [1.165, 1.54) is 12.3 Å². The van der Waals surface area contributed by atoms with Gasteiger partial charge in [0, 0.05) is 44.2 Å². The average Bonchev–Trinajstić information content (AvgIpc) is 3.22. The molecular weight excluding hydrogens is 348 g/mol. The maximum atomic E-state index is 12.4. The van der Waals surface area contributed by atoms with Crippen molar-refractivity contribution in [3.8, 4) is 5.75 Å². The van der Waals surface area contributed by atoms with Crippen LogP contribution in [0.3, 0.4) is 0 Å². The molecule has 7 heteroatoms. The van der Waals surface area contributed by atoms with Gasteiger partial charge in [0.2, 0.25) is 0 Å². The van der Waals surface area contributed by atoms with Crippen LogP contribution in [0.1, 0.15) is 16.1 Å². The molecule has 4 rings (SSSR count). The summed E-state index contributed by atoms with van der Waals surface area (Å²) in [5.41, 5.74) is 1.07. The molecule has 3 aromatic rings. The number of piperazine rings is 1. The number of hydrogen-bond acceptors (Lipinski definition) is 6. The van der Waals surface area contributed by atoms with E-state index in [-0.39, 0.29) is 11.5 Å². The minimum Gasteiger partial charge on any atom is -0.497 e. The third kappa shape index (κ3) is 3.59. The van der Waals surface area contributed by atoms with Crippen LogP contribution in [0.4, 0.5) is 0 Å². The first-order chi connectivity index (χ1) is 13.1. The molecule has 1 aromatic carbocycles. The molecule has 0 bridgehead atoms. The molecule has 1 aliphatic heterocycles. The maximum Gasteiger partial charge on any atom is 0.336 e. The van der Waals surface area contributed by atoms with Gasteiger partial charge in [-0.1, -0.05) is 0 Å². The fraction of sp³-hybridized carbons (Fsp3) is 0.300. The smallest absolute Gasteiger partial charge is 0.336 e. The Bertz CT molecular complexity index is 1000. The third-order valence-electron chi connectivity index (χ3n) is 4.82. The van der Waals surface area contributed by atoms with Crippen molar-refractivity contribution in [2.24, 2.45) is 0 Å². The van der Waals surface area contributed by atoms with E-state index in [1.807, 2.05) is 6.07 Å². The Hall–Kier alpha value is -3.06. The van der Waals surface area contributed by atoms with Crippen LogP contribution in [0, 0.1) is 0 Å². The van der Waals surface area contributed by atoms with Crippen LogP contribution in [-0.4, -0.2) is 49.0 Å². The standard InChI is InChI=1S/C20H20N2O5/c1-25-15-4-5-17-16(12-15)14(11-19(23)27-17)13-21-6-8-22(9-7-21)20(24)18-3-2-10-26-18/h2-5,10-12H,6-9,13H2,1H3. The second-order valence-electron chi connectivity index (χ2n) is 6.50. The lowest BCUT2D eigenvalue weighted by Gasteiger charge is -2.34. The Labute approximate surface area is 155 Å². The summed E-state index contributed by atoms with van der Waals surface area (Å²) in [5, 5.41) is 0.864. The van der Waals surface area contributed by atoms with E-state index in [1.54, 1.807) is 36.3 Å². The van der Waals surface area contributed by atoms with Crippen molar-refractivity contribution >= 4 is 16.9 Å². The quantitative estimate of drug-likeness (QED) is 0.658. The second-order valence-corrected chi connectivity index (χ2v) is 6.50. The van der Waals surface area contributed by atoms with Gasteiger partial charge in [0.05, 0.1) is 13.4 Å². The molecule has 1 amide bonds. The lowest BCUT2D eigenvalue weighted by molar-refractivity contribution is 0.0598. The molecule has 2 aromatic heterocycles. The topological polar surface area (TPSA) is 76.1 Å². The summed E-state index contributed by atoms with van der Waals surface area (Å²) in [6.07, 6.45) is 1.50. The molecular formula is C20H20N2O5. The number of methoxy groups -OCH3 is 1. The van der Waals surface area contributed by atoms with E-state index in [2.05, 4.69) is 4.90 Å². The third-order valence-corrected chi connectivity index (χ3v) is 4.82. The van der Waals surface area contributed by atoms with Gasteiger partial charge >= 0.3 is 5.63 Å². The van der Waals surface area contributed by atoms with Crippen LogP contribution in [0.5, 0.6) is 5.75 Å². The van der Waals surface area contributed by atoms with E-state index in [0.717, 1.165) is 24.0 Å². The maximum absolute atomic E-state index is 12.4. The molecule has 3 heterocycles. The number of nitrogens with zero attached hydrogens (tertiary/aromatic N) is 2. The molecule has 140 valence electrons. The molecule has 0 saturated carbocycles. The van der Waals surface area contributed by atoms with Crippen LogP contribution in [0.25, 0.3) is 11.0 Å². The van der Waals surface area contributed by atoms with Gasteiger partial charge in [-0.05, 0) is 35.9 Å². The molecule has 27 heavy (non-hydrogen) atoms. The number of carbonyl (C=O) groups is 1. The lowest BCUT2D eigenvalue weighted by atomic mass is 10.1. The minimum atomic E-state index is -0.366. The number of ether oxygens (including phenoxy) is 1. The normalized spacial score (nSPS) is 15.2. The summed E-state index contributed by atoms with van der Waals surface area (Å²) >= 11 is 0. The SMILES string of the molecule is COc1ccc2oc(=O)cc(CN3CCN(C(=O)c4ccco4)CC3)c2c1. The second kappa shape index (κ2) is 7.28. The van der Waals surface area contributed by atoms with Gasteiger partial charge in [0.15, 0.2) is 5.76 Å². The first kappa shape index (κ1) is 17.4. The van der Waals surface area contributed by atoms with Crippen molar-refractivity contribution in [3.05, 3.63) is 64.4 Å². The zero-order valence-electron chi connectivity index (χ0n) is 15.0. The largest absolute Gasteiger partial charge is 0.497 e. The predicted octanol–water partition coefficient (Wildman–Crippen LogP) is 2.35. The van der Waals surface area contributed by atoms with Crippen molar-refractivity contribution in [2.75, 3.05) is 33.3 Å². The molecule has 0 unspecified atom stereocenters. The molecule has 0 N–H and O–H groups in total. The zero-order chi connectivity index (χ0) is 18.8. The molecule has 0 spiro atoms. The number of carbonyl (C=O) groups excluding carboxylic acids is 1. The van der Waals surface area contributed by atoms with Gasteiger partial charge in [0.25, 0.3) is 5.91 Å². The summed E-state index contributed by atoms with van der Waals surface area (Å²) in [4.78, 5) is 28.3. The van der Waals surface area contributed by atoms with Crippen LogP contribution in [0.15, 0.2) is 56.3 Å². The van der Waals surface area contributed by atoms with E-state index < -0.39 is 0 Å². The van der Waals surface area contributed by atoms with Crippen molar-refractivity contribution < 1.29 is 18.4 Å². The summed E-state index contributed by atoms with van der Waals surface area (Å²) in [6.45, 7) is 3.28. The van der Waals surface area contributed by atoms with Crippen molar-refractivity contribution in [2.45, 2.75) is 6.54 Å². The Morgan fingerprint density at radius 2 is 1.96 bits per heavy atom. The van der Waals surface area contributed by atoms with Gasteiger partial charge in [-0.3, -0.25) is 9.69 Å². The zero-order valence-corrected chi connectivity index (χ0v) is 15.0. The first-order valence-corrected chi connectivity index (χ1v) is 8.80. The Morgan fingerprint density at radius 1 is 1.15 bits per heavy atom. The summed E-state index contributed by atoms with van der Waals surface area (Å²) in [6, 6.07) is 10.3. The minimum absolute atomic E-state index is 0.0878. The Kier molecular flexibility index (Phi) is 4.68. The van der Waals surface area contributed by atoms with Crippen LogP contribution < -0.4 is 10.4 Å². The van der Waals surface area contributed by atoms with Crippen LogP contribution >= 0.6 is 0 Å². The average molecular weight is 368 g/mol. The molecule has 1 fully saturated rings. The summed E-state index contributed by atoms with van der Waals surface area (Å²) < 4.78 is 15.8. The van der Waals surface area contributed by atoms with Gasteiger partial charge < -0.3 is 18.5 Å². The van der Waals surface area contributed by atoms with Gasteiger partial charge in [-0.15, -0.1) is 0 Å². The molecule has 7 nitrogen and oxygen atoms in total. The molecule has 0 atom stereocenters. The number of fused-ring (bicyclic) bond motifs is 1. The summed E-state index contributed by atoms with van der Waals surface area (Å²) in [5.74, 6) is 0.990. The van der Waals surface area contributed by atoms with Crippen LogP contribution in [0.2, 0.25) is 0 Å². The number of benzene rings is 1. The highest BCUT2D eigenvalue weighted by Gasteiger charge is 2.24. The fourth-order valence-electron chi connectivity index (χ4n) is 3.37. The number of furan rings is 1. The number of rotatable bonds is 4. The molecule has 1 saturated heterocycles. The highest BCUT2D eigenvalue weighted by Crippen LogP contribution is 2.24. The fourth-order valence-corrected chi connectivity index (χ4v) is 3.37. The number of hydrogen-bond donors (Lipinski definition) is 0. The van der Waals surface area contributed by atoms with Gasteiger partial charge in [-0.2, -0.15) is 0 Å². The highest BCUT2D eigenvalue weighted by molar-refractivity contribution is 5.91. The van der Waals surface area contributed by atoms with E-state index in [0.29, 0.717) is 36.7 Å². The number of amides is 1. The highest BCUT2D eigenvalue weighted by atomic mass is 16.5. The van der Waals surface area contributed by atoms with E-state index >= 15 is 0 Å². The molecule has 0 aliphatic carbocycles. The molecule has 1 aliphatic rings.